The summed E-state index contributed by atoms with van der Waals surface area (Å²) in [4.78, 5) is 77.2. The zero-order chi connectivity index (χ0) is 26.7. The lowest BCUT2D eigenvalue weighted by Gasteiger charge is -2.28. The van der Waals surface area contributed by atoms with Gasteiger partial charge in [0.2, 0.25) is 29.5 Å². The van der Waals surface area contributed by atoms with Gasteiger partial charge in [-0.25, -0.2) is 4.79 Å². The number of nitrogens with one attached hydrogen (secondary N) is 2. The summed E-state index contributed by atoms with van der Waals surface area (Å²) >= 11 is 0. The Morgan fingerprint density at radius 1 is 0.943 bits per heavy atom. The Kier molecular flexibility index (Phi) is 11.4. The highest BCUT2D eigenvalue weighted by molar-refractivity contribution is 5.97. The van der Waals surface area contributed by atoms with E-state index in [1.54, 1.807) is 0 Å². The zero-order valence-electron chi connectivity index (χ0n) is 19.1. The lowest BCUT2D eigenvalue weighted by Crippen LogP contribution is -2.58. The van der Waals surface area contributed by atoms with Crippen LogP contribution in [-0.4, -0.2) is 88.7 Å². The summed E-state index contributed by atoms with van der Waals surface area (Å²) in [6, 6.07) is -5.15. The van der Waals surface area contributed by atoms with Gasteiger partial charge in [-0.15, -0.1) is 0 Å². The number of aliphatic carboxylic acids is 1. The van der Waals surface area contributed by atoms with Gasteiger partial charge in [0, 0.05) is 13.1 Å². The van der Waals surface area contributed by atoms with Gasteiger partial charge in [0.15, 0.2) is 5.96 Å². The number of rotatable bonds is 14. The molecule has 35 heavy (non-hydrogen) atoms. The minimum absolute atomic E-state index is 0.0304. The van der Waals surface area contributed by atoms with Gasteiger partial charge in [-0.3, -0.25) is 29.0 Å². The smallest absolute Gasteiger partial charge is 0.326 e. The number of carbonyl (C=O) groups is 6. The zero-order valence-corrected chi connectivity index (χ0v) is 19.1. The van der Waals surface area contributed by atoms with E-state index in [0.29, 0.717) is 6.42 Å². The monoisotopic (exact) mass is 499 g/mol. The predicted octanol–water partition coefficient (Wildman–Crippen LogP) is -4.84. The fourth-order valence-corrected chi connectivity index (χ4v) is 3.52. The largest absolute Gasteiger partial charge is 0.480 e. The predicted molar refractivity (Wildman–Crippen MR) is 122 cm³/mol. The van der Waals surface area contributed by atoms with Crippen molar-refractivity contribution in [2.45, 2.75) is 62.7 Å². The van der Waals surface area contributed by atoms with E-state index in [0.717, 1.165) is 4.90 Å². The first kappa shape index (κ1) is 29.1. The van der Waals surface area contributed by atoms with Gasteiger partial charge in [0.25, 0.3) is 0 Å². The molecule has 0 aromatic heterocycles. The summed E-state index contributed by atoms with van der Waals surface area (Å²) in [5, 5.41) is 14.1. The highest BCUT2D eigenvalue weighted by Crippen LogP contribution is 2.19. The summed E-state index contributed by atoms with van der Waals surface area (Å²) in [6.07, 6.45) is -0.131. The summed E-state index contributed by atoms with van der Waals surface area (Å²) < 4.78 is 0. The fraction of sp³-hybridized carbons (Fsp3) is 0.632. The molecule has 1 saturated heterocycles. The molecule has 1 rings (SSSR count). The molecule has 0 radical (unpaired) electrons. The second-order valence-electron chi connectivity index (χ2n) is 8.05. The molecule has 1 aliphatic rings. The number of carbonyl (C=O) groups excluding carboxylic acids is 5. The van der Waals surface area contributed by atoms with Gasteiger partial charge in [-0.1, -0.05) is 0 Å². The quantitative estimate of drug-likeness (QED) is 0.0640. The minimum atomic E-state index is -1.51. The highest BCUT2D eigenvalue weighted by Gasteiger charge is 2.38. The van der Waals surface area contributed by atoms with Crippen molar-refractivity contribution < 1.29 is 33.9 Å². The van der Waals surface area contributed by atoms with Gasteiger partial charge in [-0.2, -0.15) is 0 Å². The van der Waals surface area contributed by atoms with E-state index >= 15 is 0 Å². The van der Waals surface area contributed by atoms with Crippen molar-refractivity contribution in [2.24, 2.45) is 33.7 Å². The number of nitrogens with two attached hydrogens (primary N) is 5. The molecule has 16 heteroatoms. The van der Waals surface area contributed by atoms with Crippen molar-refractivity contribution in [1.29, 1.82) is 0 Å². The first-order chi connectivity index (χ1) is 16.3. The van der Waals surface area contributed by atoms with Crippen LogP contribution < -0.4 is 39.3 Å². The van der Waals surface area contributed by atoms with E-state index < -0.39 is 72.5 Å². The van der Waals surface area contributed by atoms with Crippen molar-refractivity contribution >= 4 is 41.5 Å². The molecule has 16 nitrogen and oxygen atoms in total. The summed E-state index contributed by atoms with van der Waals surface area (Å²) in [7, 11) is 0. The van der Waals surface area contributed by atoms with Crippen molar-refractivity contribution in [3.05, 3.63) is 0 Å². The SMILES string of the molecule is NC(=O)CC(N)C(=O)NC(CC(N)=O)C(=O)NC(CCCN=C(N)N)C(=O)N1CCCC1C(=O)O. The Morgan fingerprint density at radius 2 is 1.54 bits per heavy atom. The van der Waals surface area contributed by atoms with Crippen LogP contribution in [0.2, 0.25) is 0 Å². The molecule has 0 bridgehead atoms. The van der Waals surface area contributed by atoms with Crippen LogP contribution in [0.1, 0.15) is 38.5 Å². The molecule has 0 aliphatic carbocycles. The minimum Gasteiger partial charge on any atom is -0.480 e. The Balaban J connectivity index is 3.05. The third-order valence-corrected chi connectivity index (χ3v) is 5.18. The van der Waals surface area contributed by atoms with E-state index in [-0.39, 0.29) is 38.3 Å². The van der Waals surface area contributed by atoms with E-state index in [2.05, 4.69) is 15.6 Å². The summed E-state index contributed by atoms with van der Waals surface area (Å²) in [6.45, 7) is 0.313. The molecule has 4 unspecified atom stereocenters. The first-order valence-electron chi connectivity index (χ1n) is 10.8. The molecule has 5 amide bonds. The summed E-state index contributed by atoms with van der Waals surface area (Å²) in [5.74, 6) is -5.66. The second-order valence-corrected chi connectivity index (χ2v) is 8.05. The molecule has 1 aliphatic heterocycles. The molecule has 0 saturated carbocycles. The third-order valence-electron chi connectivity index (χ3n) is 5.18. The number of aliphatic imine (C=N–C) groups is 1. The standard InChI is InChI=1S/C19H33N9O7/c20-9(7-13(21)29)15(31)27-11(8-14(22)30)16(32)26-10(3-1-5-25-19(23)24)17(33)28-6-2-4-12(28)18(34)35/h9-12H,1-8,20H2,(H2,21,29)(H2,22,30)(H,26,32)(H,27,31)(H,34,35)(H4,23,24,25). The van der Waals surface area contributed by atoms with E-state index in [1.807, 2.05) is 0 Å². The lowest BCUT2D eigenvalue weighted by atomic mass is 10.1. The molecule has 196 valence electrons. The van der Waals surface area contributed by atoms with E-state index in [9.17, 15) is 33.9 Å². The Morgan fingerprint density at radius 3 is 2.09 bits per heavy atom. The van der Waals surface area contributed by atoms with Crippen molar-refractivity contribution in [1.82, 2.24) is 15.5 Å². The van der Waals surface area contributed by atoms with E-state index in [1.165, 1.54) is 0 Å². The van der Waals surface area contributed by atoms with Crippen LogP contribution in [0.15, 0.2) is 4.99 Å². The Labute approximate surface area is 201 Å². The normalized spacial score (nSPS) is 17.5. The molecule has 0 spiro atoms. The van der Waals surface area contributed by atoms with Gasteiger partial charge in [0.05, 0.1) is 18.9 Å². The van der Waals surface area contributed by atoms with Crippen LogP contribution in [0.4, 0.5) is 0 Å². The molecular weight excluding hydrogens is 466 g/mol. The van der Waals surface area contributed by atoms with Crippen molar-refractivity contribution in [3.8, 4) is 0 Å². The molecule has 0 aromatic carbocycles. The number of carboxylic acids is 1. The average molecular weight is 500 g/mol. The highest BCUT2D eigenvalue weighted by atomic mass is 16.4. The van der Waals surface area contributed by atoms with Crippen LogP contribution in [0.5, 0.6) is 0 Å². The number of primary amides is 2. The third kappa shape index (κ3) is 9.83. The lowest BCUT2D eigenvalue weighted by molar-refractivity contribution is -0.149. The van der Waals surface area contributed by atoms with Gasteiger partial charge in [0.1, 0.15) is 18.1 Å². The Bertz CT molecular complexity index is 860. The first-order valence-corrected chi connectivity index (χ1v) is 10.8. The maximum atomic E-state index is 13.1. The van der Waals surface area contributed by atoms with Crippen LogP contribution in [-0.2, 0) is 28.8 Å². The number of hydrogen-bond donors (Lipinski definition) is 8. The maximum Gasteiger partial charge on any atom is 0.326 e. The van der Waals surface area contributed by atoms with Gasteiger partial charge < -0.3 is 49.3 Å². The van der Waals surface area contributed by atoms with Crippen LogP contribution >= 0.6 is 0 Å². The number of carboxylic acid groups (broad SMARTS) is 1. The number of guanidine groups is 1. The molecule has 13 N–H and O–H groups in total. The van der Waals surface area contributed by atoms with Crippen LogP contribution in [0.25, 0.3) is 0 Å². The van der Waals surface area contributed by atoms with Gasteiger partial charge in [-0.05, 0) is 25.7 Å². The van der Waals surface area contributed by atoms with Crippen LogP contribution in [0, 0.1) is 0 Å². The maximum absolute atomic E-state index is 13.1. The summed E-state index contributed by atoms with van der Waals surface area (Å²) in [5.41, 5.74) is 26.3. The molecule has 4 atom stereocenters. The molecular formula is C19H33N9O7. The fourth-order valence-electron chi connectivity index (χ4n) is 3.52. The van der Waals surface area contributed by atoms with Crippen molar-refractivity contribution in [3.63, 3.8) is 0 Å². The average Bonchev–Trinajstić information content (AvgIpc) is 3.24. The number of hydrogen-bond acceptors (Lipinski definition) is 8. The van der Waals surface area contributed by atoms with E-state index in [4.69, 9.17) is 28.7 Å². The second kappa shape index (κ2) is 13.7. The number of likely N-dealkylation sites (tertiary alicyclic amines) is 1. The molecule has 0 aromatic rings. The number of nitrogens with zero attached hydrogens (tertiary/aromatic N) is 2. The number of amides is 5. The molecule has 1 fully saturated rings. The van der Waals surface area contributed by atoms with Crippen molar-refractivity contribution in [2.75, 3.05) is 13.1 Å². The van der Waals surface area contributed by atoms with Gasteiger partial charge >= 0.3 is 5.97 Å². The molecule has 1 heterocycles. The Hall–Kier alpha value is -3.95. The topological polar surface area (TPSA) is 292 Å². The van der Waals surface area contributed by atoms with Crippen LogP contribution in [0.3, 0.4) is 0 Å².